The van der Waals surface area contributed by atoms with Crippen LogP contribution in [-0.4, -0.2) is 34.6 Å². The first-order chi connectivity index (χ1) is 19.3. The molecule has 5 rings (SSSR count). The molecule has 4 atom stereocenters. The molecule has 2 amide bonds. The van der Waals surface area contributed by atoms with E-state index in [2.05, 4.69) is 10.8 Å². The lowest BCUT2D eigenvalue weighted by molar-refractivity contribution is -0.138. The van der Waals surface area contributed by atoms with Crippen LogP contribution in [-0.2, 0) is 16.2 Å². The summed E-state index contributed by atoms with van der Waals surface area (Å²) in [7, 11) is 0. The highest BCUT2D eigenvalue weighted by Gasteiger charge is 2.49. The van der Waals surface area contributed by atoms with E-state index < -0.39 is 12.0 Å². The van der Waals surface area contributed by atoms with E-state index in [1.807, 2.05) is 53.4 Å². The molecule has 0 bridgehead atoms. The molecule has 1 aliphatic carbocycles. The number of fused-ring (bicyclic) bond motifs is 1. The zero-order valence-electron chi connectivity index (χ0n) is 22.2. The average molecular weight is 580 g/mol. The first kappa shape index (κ1) is 28.1. The molecule has 3 N–H and O–H groups in total. The van der Waals surface area contributed by atoms with Gasteiger partial charge < -0.3 is 10.2 Å². The Labute approximate surface area is 244 Å². The van der Waals surface area contributed by atoms with Gasteiger partial charge in [0.2, 0.25) is 0 Å². The number of benzene rings is 3. The number of amidine groups is 1. The maximum atomic E-state index is 14.3. The lowest BCUT2D eigenvalue weighted by Crippen LogP contribution is -2.59. The highest BCUT2D eigenvalue weighted by molar-refractivity contribution is 6.35. The molecule has 9 heteroatoms. The Morgan fingerprint density at radius 1 is 1.00 bits per heavy atom. The fourth-order valence-corrected chi connectivity index (χ4v) is 6.51. The minimum Gasteiger partial charge on any atom is -0.369 e. The van der Waals surface area contributed by atoms with Gasteiger partial charge in [0, 0.05) is 21.7 Å². The summed E-state index contributed by atoms with van der Waals surface area (Å²) in [5, 5.41) is 12.2. The third-order valence-corrected chi connectivity index (χ3v) is 8.25. The molecule has 3 aromatic carbocycles. The number of hydroxylamine groups is 1. The van der Waals surface area contributed by atoms with Crippen molar-refractivity contribution in [3.8, 4) is 0 Å². The lowest BCUT2D eigenvalue weighted by Gasteiger charge is -2.49. The summed E-state index contributed by atoms with van der Waals surface area (Å²) < 4.78 is 0. The zero-order chi connectivity index (χ0) is 28.2. The number of carbonyl (C=O) groups is 2. The smallest absolute Gasteiger partial charge is 0.255 e. The van der Waals surface area contributed by atoms with Crippen LogP contribution in [0.5, 0.6) is 0 Å². The number of halogens is 2. The second kappa shape index (κ2) is 12.4. The number of carbonyl (C=O) groups excluding carboxylic acids is 2. The van der Waals surface area contributed by atoms with Gasteiger partial charge in [-0.3, -0.25) is 19.8 Å². The molecular formula is C31H32Cl2N4O3. The third kappa shape index (κ3) is 5.87. The van der Waals surface area contributed by atoms with Crippen LogP contribution in [0, 0.1) is 5.41 Å². The van der Waals surface area contributed by atoms with Crippen LogP contribution < -0.4 is 10.8 Å². The molecule has 1 aliphatic heterocycles. The summed E-state index contributed by atoms with van der Waals surface area (Å²) >= 11 is 13.0. The molecule has 3 aromatic rings. The van der Waals surface area contributed by atoms with Crippen LogP contribution in [0.25, 0.3) is 0 Å². The van der Waals surface area contributed by atoms with Crippen LogP contribution in [0.3, 0.4) is 0 Å². The average Bonchev–Trinajstić information content (AvgIpc) is 2.94. The van der Waals surface area contributed by atoms with Gasteiger partial charge in [-0.25, -0.2) is 5.48 Å². The summed E-state index contributed by atoms with van der Waals surface area (Å²) in [4.78, 5) is 35.8. The second-order valence-electron chi connectivity index (χ2n) is 10.4. The predicted molar refractivity (Wildman–Crippen MR) is 157 cm³/mol. The highest BCUT2D eigenvalue weighted by atomic mass is 35.5. The van der Waals surface area contributed by atoms with Crippen molar-refractivity contribution in [1.82, 2.24) is 15.7 Å². The fourth-order valence-electron chi connectivity index (χ4n) is 5.99. The number of rotatable bonds is 7. The Morgan fingerprint density at radius 2 is 1.73 bits per heavy atom. The van der Waals surface area contributed by atoms with Crippen LogP contribution in [0.2, 0.25) is 10.0 Å². The first-order valence-electron chi connectivity index (χ1n) is 13.5. The van der Waals surface area contributed by atoms with Gasteiger partial charge in [0.05, 0.1) is 30.4 Å². The maximum Gasteiger partial charge on any atom is 0.255 e. The largest absolute Gasteiger partial charge is 0.369 e. The van der Waals surface area contributed by atoms with Gasteiger partial charge in [0.25, 0.3) is 11.8 Å². The van der Waals surface area contributed by atoms with Gasteiger partial charge in [-0.2, -0.15) is 0 Å². The number of nitrogens with one attached hydrogen (secondary N) is 3. The quantitative estimate of drug-likeness (QED) is 0.171. The molecule has 0 radical (unpaired) electrons. The molecule has 7 nitrogen and oxygen atoms in total. The van der Waals surface area contributed by atoms with E-state index in [0.29, 0.717) is 32.6 Å². The Hall–Kier alpha value is -3.39. The van der Waals surface area contributed by atoms with Crippen LogP contribution in [0.4, 0.5) is 0 Å². The Bertz CT molecular complexity index is 1400. The summed E-state index contributed by atoms with van der Waals surface area (Å²) in [6.45, 7) is 1.90. The van der Waals surface area contributed by atoms with Gasteiger partial charge in [-0.1, -0.05) is 90.6 Å². The van der Waals surface area contributed by atoms with Crippen LogP contribution >= 0.6 is 23.2 Å². The van der Waals surface area contributed by atoms with Gasteiger partial charge >= 0.3 is 0 Å². The van der Waals surface area contributed by atoms with E-state index in [1.54, 1.807) is 31.2 Å². The zero-order valence-corrected chi connectivity index (χ0v) is 23.7. The van der Waals surface area contributed by atoms with E-state index in [0.717, 1.165) is 31.2 Å². The molecule has 0 aromatic heterocycles. The number of hydrogen-bond donors (Lipinski definition) is 3. The van der Waals surface area contributed by atoms with Crippen molar-refractivity contribution >= 4 is 40.9 Å². The van der Waals surface area contributed by atoms with Gasteiger partial charge in [-0.05, 0) is 54.7 Å². The molecule has 1 fully saturated rings. The lowest BCUT2D eigenvalue weighted by atomic mass is 9.76. The van der Waals surface area contributed by atoms with Gasteiger partial charge in [-0.15, -0.1) is 0 Å². The monoisotopic (exact) mass is 578 g/mol. The summed E-state index contributed by atoms with van der Waals surface area (Å²) in [5.74, 6) is -0.999. The van der Waals surface area contributed by atoms with E-state index in [4.69, 9.17) is 33.4 Å². The second-order valence-corrected chi connectivity index (χ2v) is 11.2. The summed E-state index contributed by atoms with van der Waals surface area (Å²) in [6.07, 6.45) is 3.47. The molecule has 208 valence electrons. The molecular weight excluding hydrogens is 547 g/mol. The topological polar surface area (TPSA) is 94.5 Å². The van der Waals surface area contributed by atoms with E-state index in [-0.39, 0.29) is 30.5 Å². The molecule has 1 saturated carbocycles. The first-order valence-corrected chi connectivity index (χ1v) is 14.2. The van der Waals surface area contributed by atoms with Gasteiger partial charge in [0.15, 0.2) is 0 Å². The molecule has 2 aliphatic rings. The number of amides is 2. The molecule has 1 unspecified atom stereocenters. The molecule has 0 spiro atoms. The minimum atomic E-state index is -0.799. The minimum absolute atomic E-state index is 0.132. The fraction of sp³-hybridized carbons (Fsp3) is 0.323. The Morgan fingerprint density at radius 3 is 2.48 bits per heavy atom. The third-order valence-electron chi connectivity index (χ3n) is 7.68. The van der Waals surface area contributed by atoms with Crippen molar-refractivity contribution < 1.29 is 14.4 Å². The van der Waals surface area contributed by atoms with Gasteiger partial charge in [0.1, 0.15) is 0 Å². The SMILES string of the molecule is CC(=N)N[C@H]1CCCCC1N1C(=O)c2ccccc2[C@@H](C(=O)NOCc2ccccc2)[C@@H]1c1ccc(Cl)cc1Cl. The van der Waals surface area contributed by atoms with Crippen molar-refractivity contribution in [3.05, 3.63) is 105 Å². The number of hydrogen-bond acceptors (Lipinski definition) is 4. The Kier molecular flexibility index (Phi) is 8.74. The van der Waals surface area contributed by atoms with E-state index in [9.17, 15) is 9.59 Å². The van der Waals surface area contributed by atoms with Crippen LogP contribution in [0.15, 0.2) is 72.8 Å². The standard InChI is InChI=1S/C31H32Cl2N4O3/c1-19(34)35-26-13-7-8-14-27(26)37-29(24-16-15-21(32)17-25(24)33)28(22-11-5-6-12-23(22)31(37)39)30(38)36-40-18-20-9-3-2-4-10-20/h2-6,9-12,15-17,26-29H,7-8,13-14,18H2,1H3,(H2,34,35)(H,36,38)/t26-,27?,28+,29-/m0/s1. The van der Waals surface area contributed by atoms with Crippen LogP contribution in [0.1, 0.15) is 71.6 Å². The van der Waals surface area contributed by atoms with Crippen molar-refractivity contribution in [2.24, 2.45) is 0 Å². The normalized spacial score (nSPS) is 22.4. The molecule has 0 saturated heterocycles. The van der Waals surface area contributed by atoms with E-state index in [1.165, 1.54) is 0 Å². The maximum absolute atomic E-state index is 14.3. The summed E-state index contributed by atoms with van der Waals surface area (Å²) in [5.41, 5.74) is 5.30. The van der Waals surface area contributed by atoms with Crippen molar-refractivity contribution in [1.29, 1.82) is 5.41 Å². The molecule has 1 heterocycles. The number of nitrogens with zero attached hydrogens (tertiary/aromatic N) is 1. The highest BCUT2D eigenvalue weighted by Crippen LogP contribution is 2.47. The van der Waals surface area contributed by atoms with Crippen molar-refractivity contribution in [2.45, 2.75) is 63.3 Å². The summed E-state index contributed by atoms with van der Waals surface area (Å²) in [6, 6.07) is 20.8. The predicted octanol–water partition coefficient (Wildman–Crippen LogP) is 6.42. The Balaban J connectivity index is 1.59. The van der Waals surface area contributed by atoms with E-state index >= 15 is 0 Å². The van der Waals surface area contributed by atoms with Crippen molar-refractivity contribution in [2.75, 3.05) is 0 Å². The van der Waals surface area contributed by atoms with Crippen molar-refractivity contribution in [3.63, 3.8) is 0 Å². The molecule has 40 heavy (non-hydrogen) atoms.